The Bertz CT molecular complexity index is 1080. The molecule has 8 heteroatoms. The zero-order valence-corrected chi connectivity index (χ0v) is 14.1. The number of aromatic amines is 1. The second-order valence-electron chi connectivity index (χ2n) is 5.17. The summed E-state index contributed by atoms with van der Waals surface area (Å²) in [6.07, 6.45) is 0.995. The Balaban J connectivity index is 2.04. The Morgan fingerprint density at radius 2 is 1.84 bits per heavy atom. The fourth-order valence-electron chi connectivity index (χ4n) is 2.40. The number of nitrogens with one attached hydrogen (secondary N) is 1. The van der Waals surface area contributed by atoms with Crippen molar-refractivity contribution in [1.29, 1.82) is 5.26 Å². The molecule has 25 heavy (non-hydrogen) atoms. The molecule has 3 aromatic rings. The van der Waals surface area contributed by atoms with E-state index in [-0.39, 0.29) is 0 Å². The van der Waals surface area contributed by atoms with Gasteiger partial charge >= 0.3 is 5.69 Å². The molecule has 0 fully saturated rings. The fourth-order valence-corrected chi connectivity index (χ4v) is 2.81. The molecular formula is C17H10Cl2N4O2. The van der Waals surface area contributed by atoms with Crippen LogP contribution in [0.5, 0.6) is 0 Å². The van der Waals surface area contributed by atoms with Gasteiger partial charge in [0.05, 0.1) is 17.7 Å². The van der Waals surface area contributed by atoms with Crippen molar-refractivity contribution in [2.24, 2.45) is 0 Å². The summed E-state index contributed by atoms with van der Waals surface area (Å²) in [5, 5.41) is 14.2. The van der Waals surface area contributed by atoms with Gasteiger partial charge in [-0.1, -0.05) is 41.4 Å². The van der Waals surface area contributed by atoms with Crippen LogP contribution in [0, 0.1) is 11.3 Å². The smallest absolute Gasteiger partial charge is 0.271 e. The maximum atomic E-state index is 11.8. The monoisotopic (exact) mass is 372 g/mol. The quantitative estimate of drug-likeness (QED) is 0.764. The normalized spacial score (nSPS) is 11.7. The molecule has 6 nitrogen and oxygen atoms in total. The van der Waals surface area contributed by atoms with Crippen LogP contribution in [-0.2, 0) is 0 Å². The second kappa shape index (κ2) is 6.93. The summed E-state index contributed by atoms with van der Waals surface area (Å²) in [6.45, 7) is 0. The van der Waals surface area contributed by atoms with Gasteiger partial charge in [-0.25, -0.2) is 4.79 Å². The van der Waals surface area contributed by atoms with Gasteiger partial charge in [-0.2, -0.15) is 15.0 Å². The number of nitriles is 1. The summed E-state index contributed by atoms with van der Waals surface area (Å²) >= 11 is 12.2. The van der Waals surface area contributed by atoms with Crippen molar-refractivity contribution in [3.8, 4) is 11.8 Å². The van der Waals surface area contributed by atoms with E-state index in [1.54, 1.807) is 36.4 Å². The third kappa shape index (κ3) is 3.48. The van der Waals surface area contributed by atoms with Crippen molar-refractivity contribution >= 4 is 23.2 Å². The number of nitrogens with zero attached hydrogens (tertiary/aromatic N) is 3. The Kier molecular flexibility index (Phi) is 4.70. The fraction of sp³-hybridized carbons (Fsp3) is 0.0588. The molecule has 124 valence electrons. The van der Waals surface area contributed by atoms with Crippen LogP contribution < -0.4 is 11.2 Å². The summed E-state index contributed by atoms with van der Waals surface area (Å²) in [5.41, 5.74) is 0.457. The molecule has 1 heterocycles. The number of halogens is 2. The molecule has 0 aliphatic carbocycles. The van der Waals surface area contributed by atoms with Crippen molar-refractivity contribution in [1.82, 2.24) is 14.8 Å². The second-order valence-corrected chi connectivity index (χ2v) is 6.01. The van der Waals surface area contributed by atoms with E-state index in [0.717, 1.165) is 16.4 Å². The van der Waals surface area contributed by atoms with E-state index in [4.69, 9.17) is 23.2 Å². The highest BCUT2D eigenvalue weighted by molar-refractivity contribution is 6.31. The first kappa shape index (κ1) is 17.0. The molecule has 0 aliphatic rings. The van der Waals surface area contributed by atoms with Gasteiger partial charge in [-0.3, -0.25) is 9.78 Å². The van der Waals surface area contributed by atoms with Crippen molar-refractivity contribution < 1.29 is 0 Å². The van der Waals surface area contributed by atoms with E-state index >= 15 is 0 Å². The summed E-state index contributed by atoms with van der Waals surface area (Å²) in [5.74, 6) is -0.584. The van der Waals surface area contributed by atoms with Crippen molar-refractivity contribution in [3.05, 3.63) is 90.7 Å². The molecule has 0 aliphatic heterocycles. The average molecular weight is 373 g/mol. The molecule has 0 saturated carbocycles. The molecule has 0 amide bonds. The zero-order chi connectivity index (χ0) is 18.0. The van der Waals surface area contributed by atoms with Crippen LogP contribution in [0.3, 0.4) is 0 Å². The van der Waals surface area contributed by atoms with E-state index in [0.29, 0.717) is 21.3 Å². The van der Waals surface area contributed by atoms with Gasteiger partial charge in [0.25, 0.3) is 5.56 Å². The molecule has 0 spiro atoms. The van der Waals surface area contributed by atoms with Crippen LogP contribution >= 0.6 is 23.2 Å². The van der Waals surface area contributed by atoms with E-state index in [1.165, 1.54) is 6.07 Å². The van der Waals surface area contributed by atoms with Gasteiger partial charge in [0.1, 0.15) is 6.20 Å². The molecule has 0 radical (unpaired) electrons. The molecule has 0 saturated heterocycles. The van der Waals surface area contributed by atoms with E-state index in [2.05, 4.69) is 16.2 Å². The van der Waals surface area contributed by atoms with Gasteiger partial charge in [-0.05, 0) is 35.4 Å². The predicted molar refractivity (Wildman–Crippen MR) is 94.4 cm³/mol. The summed E-state index contributed by atoms with van der Waals surface area (Å²) in [7, 11) is 0. The molecule has 3 rings (SSSR count). The third-order valence-electron chi connectivity index (χ3n) is 3.59. The topological polar surface area (TPSA) is 91.5 Å². The number of hydrogen-bond donors (Lipinski definition) is 1. The van der Waals surface area contributed by atoms with Crippen LogP contribution in [0.1, 0.15) is 17.0 Å². The van der Waals surface area contributed by atoms with Crippen LogP contribution in [-0.4, -0.2) is 14.8 Å². The van der Waals surface area contributed by atoms with Gasteiger partial charge in [0.15, 0.2) is 0 Å². The van der Waals surface area contributed by atoms with Crippen LogP contribution in [0.2, 0.25) is 10.0 Å². The average Bonchev–Trinajstić information content (AvgIpc) is 2.58. The lowest BCUT2D eigenvalue weighted by molar-refractivity contribution is 0.749. The minimum Gasteiger partial charge on any atom is -0.271 e. The van der Waals surface area contributed by atoms with Crippen LogP contribution in [0.15, 0.2) is 58.3 Å². The first-order valence-corrected chi connectivity index (χ1v) is 7.89. The highest BCUT2D eigenvalue weighted by Crippen LogP contribution is 2.31. The zero-order valence-electron chi connectivity index (χ0n) is 12.6. The molecule has 0 bridgehead atoms. The number of benzene rings is 2. The Labute approximate surface area is 151 Å². The lowest BCUT2D eigenvalue weighted by Gasteiger charge is -2.13. The molecular weight excluding hydrogens is 363 g/mol. The van der Waals surface area contributed by atoms with Crippen molar-refractivity contribution in [2.45, 2.75) is 5.92 Å². The van der Waals surface area contributed by atoms with E-state index in [9.17, 15) is 14.9 Å². The van der Waals surface area contributed by atoms with Crippen LogP contribution in [0.4, 0.5) is 0 Å². The summed E-state index contributed by atoms with van der Waals surface area (Å²) < 4.78 is 1.01. The Morgan fingerprint density at radius 3 is 2.44 bits per heavy atom. The van der Waals surface area contributed by atoms with Gasteiger partial charge in [0.2, 0.25) is 0 Å². The van der Waals surface area contributed by atoms with Gasteiger partial charge in [-0.15, -0.1) is 0 Å². The highest BCUT2D eigenvalue weighted by Gasteiger charge is 2.17. The Morgan fingerprint density at radius 1 is 1.12 bits per heavy atom. The van der Waals surface area contributed by atoms with Crippen LogP contribution in [0.25, 0.3) is 5.69 Å². The summed E-state index contributed by atoms with van der Waals surface area (Å²) in [6, 6.07) is 13.9. The van der Waals surface area contributed by atoms with E-state index in [1.807, 2.05) is 0 Å². The first-order valence-electron chi connectivity index (χ1n) is 7.13. The maximum Gasteiger partial charge on any atom is 0.349 e. The highest BCUT2D eigenvalue weighted by atomic mass is 35.5. The maximum absolute atomic E-state index is 11.8. The molecule has 2 aromatic carbocycles. The standard InChI is InChI=1S/C17H10Cl2N4O2/c18-11-3-1-10(2-4-11)14(8-20)13-6-5-12(7-15(13)19)23-17(25)22-16(24)9-21-23/h1-7,9,14H,(H,22,24,25). The largest absolute Gasteiger partial charge is 0.349 e. The first-order chi connectivity index (χ1) is 12.0. The Hall–Kier alpha value is -2.88. The molecule has 1 N–H and O–H groups in total. The van der Waals surface area contributed by atoms with E-state index < -0.39 is 17.2 Å². The van der Waals surface area contributed by atoms with Crippen molar-refractivity contribution in [3.63, 3.8) is 0 Å². The lowest BCUT2D eigenvalue weighted by Crippen LogP contribution is -2.30. The van der Waals surface area contributed by atoms with Crippen molar-refractivity contribution in [2.75, 3.05) is 0 Å². The number of H-pyrrole nitrogens is 1. The molecule has 1 atom stereocenters. The summed E-state index contributed by atoms with van der Waals surface area (Å²) in [4.78, 5) is 25.0. The number of rotatable bonds is 3. The minimum atomic E-state index is -0.675. The minimum absolute atomic E-state index is 0.305. The number of aromatic nitrogens is 3. The predicted octanol–water partition coefficient (Wildman–Crippen LogP) is 2.88. The number of hydrogen-bond acceptors (Lipinski definition) is 4. The third-order valence-corrected chi connectivity index (χ3v) is 4.16. The molecule has 1 unspecified atom stereocenters. The molecule has 1 aromatic heterocycles. The van der Waals surface area contributed by atoms with Gasteiger partial charge in [0, 0.05) is 10.0 Å². The SMILES string of the molecule is N#CC(c1ccc(Cl)cc1)c1ccc(-n2ncc(=O)[nH]c2=O)cc1Cl. The lowest BCUT2D eigenvalue weighted by atomic mass is 9.92. The van der Waals surface area contributed by atoms with Gasteiger partial charge < -0.3 is 0 Å².